The molecular formula is C15H20N2S. The molecule has 0 aromatic carbocycles. The van der Waals surface area contributed by atoms with Gasteiger partial charge < -0.3 is 5.32 Å². The van der Waals surface area contributed by atoms with Gasteiger partial charge in [0.2, 0.25) is 0 Å². The Kier molecular flexibility index (Phi) is 3.33. The first kappa shape index (κ1) is 12.1. The summed E-state index contributed by atoms with van der Waals surface area (Å²) in [6, 6.07) is 0. The first-order valence-corrected chi connectivity index (χ1v) is 7.43. The van der Waals surface area contributed by atoms with Crippen LogP contribution in [0.3, 0.4) is 0 Å². The van der Waals surface area contributed by atoms with Crippen LogP contribution in [0.1, 0.15) is 54.0 Å². The van der Waals surface area contributed by atoms with Gasteiger partial charge in [0.15, 0.2) is 0 Å². The molecular weight excluding hydrogens is 240 g/mol. The van der Waals surface area contributed by atoms with Gasteiger partial charge in [0.25, 0.3) is 0 Å². The lowest BCUT2D eigenvalue weighted by Crippen LogP contribution is -2.28. The topological polar surface area (TPSA) is 24.9 Å². The van der Waals surface area contributed by atoms with Crippen molar-refractivity contribution in [3.8, 4) is 0 Å². The van der Waals surface area contributed by atoms with Crippen LogP contribution in [0.2, 0.25) is 0 Å². The van der Waals surface area contributed by atoms with E-state index in [9.17, 15) is 0 Å². The molecule has 0 saturated carbocycles. The van der Waals surface area contributed by atoms with Crippen molar-refractivity contribution >= 4 is 17.2 Å². The van der Waals surface area contributed by atoms with Crippen molar-refractivity contribution in [2.45, 2.75) is 50.9 Å². The van der Waals surface area contributed by atoms with Crippen molar-refractivity contribution in [3.63, 3.8) is 0 Å². The van der Waals surface area contributed by atoms with Crippen LogP contribution in [0.25, 0.3) is 0 Å². The standard InChI is InChI=1S/C15H20N2S/c1-16-15(18)13-8-4-7-12-11-6-3-2-5-10(11)9-17-14(12)13/h9,13H,2-8H2,1H3,(H,16,18)/t13-/m0/s1. The molecule has 3 rings (SSSR count). The van der Waals surface area contributed by atoms with E-state index in [4.69, 9.17) is 17.2 Å². The minimum Gasteiger partial charge on any atom is -0.382 e. The molecule has 0 fully saturated rings. The third-order valence-electron chi connectivity index (χ3n) is 4.36. The Morgan fingerprint density at radius 3 is 2.83 bits per heavy atom. The van der Waals surface area contributed by atoms with E-state index < -0.39 is 0 Å². The van der Waals surface area contributed by atoms with E-state index in [0.29, 0.717) is 5.92 Å². The van der Waals surface area contributed by atoms with Crippen molar-refractivity contribution < 1.29 is 0 Å². The average Bonchev–Trinajstić information content (AvgIpc) is 2.45. The molecule has 0 radical (unpaired) electrons. The molecule has 0 saturated heterocycles. The van der Waals surface area contributed by atoms with Crippen LogP contribution in [0.5, 0.6) is 0 Å². The van der Waals surface area contributed by atoms with E-state index in [1.54, 1.807) is 5.56 Å². The molecule has 1 aromatic rings. The Morgan fingerprint density at radius 2 is 2.00 bits per heavy atom. The lowest BCUT2D eigenvalue weighted by Gasteiger charge is -2.29. The molecule has 1 atom stereocenters. The largest absolute Gasteiger partial charge is 0.382 e. The minimum absolute atomic E-state index is 0.348. The highest BCUT2D eigenvalue weighted by atomic mass is 32.1. The van der Waals surface area contributed by atoms with Crippen LogP contribution >= 0.6 is 12.2 Å². The summed E-state index contributed by atoms with van der Waals surface area (Å²) in [5, 5.41) is 3.15. The van der Waals surface area contributed by atoms with Crippen LogP contribution in [-0.4, -0.2) is 17.0 Å². The number of nitrogens with one attached hydrogen (secondary N) is 1. The number of hydrogen-bond acceptors (Lipinski definition) is 2. The summed E-state index contributed by atoms with van der Waals surface area (Å²) in [6.45, 7) is 0. The van der Waals surface area contributed by atoms with E-state index in [2.05, 4.69) is 11.5 Å². The van der Waals surface area contributed by atoms with Gasteiger partial charge in [0.1, 0.15) is 0 Å². The van der Waals surface area contributed by atoms with Gasteiger partial charge in [-0.05, 0) is 61.6 Å². The molecule has 1 aromatic heterocycles. The number of hydrogen-bond donors (Lipinski definition) is 1. The molecule has 0 unspecified atom stereocenters. The van der Waals surface area contributed by atoms with Crippen LogP contribution < -0.4 is 5.32 Å². The molecule has 3 heteroatoms. The van der Waals surface area contributed by atoms with Crippen molar-refractivity contribution in [1.29, 1.82) is 0 Å². The zero-order valence-corrected chi connectivity index (χ0v) is 11.8. The fourth-order valence-electron chi connectivity index (χ4n) is 3.42. The molecule has 0 aliphatic heterocycles. The normalized spacial score (nSPS) is 21.9. The van der Waals surface area contributed by atoms with Crippen LogP contribution in [0, 0.1) is 0 Å². The number of thiocarbonyl (C=S) groups is 1. The molecule has 18 heavy (non-hydrogen) atoms. The highest BCUT2D eigenvalue weighted by Gasteiger charge is 2.28. The van der Waals surface area contributed by atoms with Gasteiger partial charge in [-0.1, -0.05) is 12.2 Å². The molecule has 0 amide bonds. The second-order valence-electron chi connectivity index (χ2n) is 5.39. The van der Waals surface area contributed by atoms with Crippen molar-refractivity contribution in [3.05, 3.63) is 28.6 Å². The van der Waals surface area contributed by atoms with Crippen LogP contribution in [0.15, 0.2) is 6.20 Å². The summed E-state index contributed by atoms with van der Waals surface area (Å²) >= 11 is 5.46. The third kappa shape index (κ3) is 1.95. The Labute approximate surface area is 114 Å². The summed E-state index contributed by atoms with van der Waals surface area (Å²) in [5.74, 6) is 0.348. The van der Waals surface area contributed by atoms with Crippen molar-refractivity contribution in [2.75, 3.05) is 7.05 Å². The van der Waals surface area contributed by atoms with Gasteiger partial charge in [0.05, 0.1) is 16.6 Å². The Balaban J connectivity index is 2.06. The smallest absolute Gasteiger partial charge is 0.0842 e. The van der Waals surface area contributed by atoms with Gasteiger partial charge >= 0.3 is 0 Å². The predicted molar refractivity (Wildman–Crippen MR) is 78.2 cm³/mol. The van der Waals surface area contributed by atoms with E-state index in [1.807, 2.05) is 7.05 Å². The molecule has 1 heterocycles. The molecule has 96 valence electrons. The van der Waals surface area contributed by atoms with Gasteiger partial charge in [-0.15, -0.1) is 0 Å². The minimum atomic E-state index is 0.348. The molecule has 2 aliphatic rings. The number of pyridine rings is 1. The third-order valence-corrected chi connectivity index (χ3v) is 4.84. The SMILES string of the molecule is CNC(=S)[C@H]1CCCc2c1ncc1c2CCCC1. The Hall–Kier alpha value is -0.960. The number of fused-ring (bicyclic) bond motifs is 3. The van der Waals surface area contributed by atoms with E-state index >= 15 is 0 Å². The molecule has 1 N–H and O–H groups in total. The molecule has 2 nitrogen and oxygen atoms in total. The lowest BCUT2D eigenvalue weighted by atomic mass is 9.80. The van der Waals surface area contributed by atoms with Crippen LogP contribution in [0.4, 0.5) is 0 Å². The van der Waals surface area contributed by atoms with Gasteiger partial charge in [0, 0.05) is 13.2 Å². The fraction of sp³-hybridized carbons (Fsp3) is 0.600. The Morgan fingerprint density at radius 1 is 1.22 bits per heavy atom. The van der Waals surface area contributed by atoms with Crippen molar-refractivity contribution in [1.82, 2.24) is 10.3 Å². The Bertz CT molecular complexity index is 482. The maximum absolute atomic E-state index is 5.46. The van der Waals surface area contributed by atoms with Crippen molar-refractivity contribution in [2.24, 2.45) is 0 Å². The first-order valence-electron chi connectivity index (χ1n) is 7.02. The highest BCUT2D eigenvalue weighted by Crippen LogP contribution is 2.36. The van der Waals surface area contributed by atoms with E-state index in [-0.39, 0.29) is 0 Å². The molecule has 0 spiro atoms. The van der Waals surface area contributed by atoms with E-state index in [1.165, 1.54) is 55.3 Å². The summed E-state index contributed by atoms with van der Waals surface area (Å²) in [5.41, 5.74) is 5.90. The zero-order valence-electron chi connectivity index (χ0n) is 11.0. The summed E-state index contributed by atoms with van der Waals surface area (Å²) < 4.78 is 0. The highest BCUT2D eigenvalue weighted by molar-refractivity contribution is 7.80. The lowest BCUT2D eigenvalue weighted by molar-refractivity contribution is 0.601. The maximum Gasteiger partial charge on any atom is 0.0842 e. The second-order valence-corrected chi connectivity index (χ2v) is 5.83. The van der Waals surface area contributed by atoms with E-state index in [0.717, 1.165) is 11.4 Å². The zero-order chi connectivity index (χ0) is 12.5. The average molecular weight is 260 g/mol. The summed E-state index contributed by atoms with van der Waals surface area (Å²) in [4.78, 5) is 5.71. The quantitative estimate of drug-likeness (QED) is 0.786. The number of nitrogens with zero attached hydrogens (tertiary/aromatic N) is 1. The second kappa shape index (κ2) is 4.96. The molecule has 0 bridgehead atoms. The summed E-state index contributed by atoms with van der Waals surface area (Å²) in [7, 11) is 1.93. The van der Waals surface area contributed by atoms with Crippen LogP contribution in [-0.2, 0) is 19.3 Å². The van der Waals surface area contributed by atoms with Gasteiger partial charge in [-0.3, -0.25) is 4.98 Å². The maximum atomic E-state index is 5.46. The summed E-state index contributed by atoms with van der Waals surface area (Å²) in [6.07, 6.45) is 10.8. The fourth-order valence-corrected chi connectivity index (χ4v) is 3.65. The number of likely N-dealkylation sites (N-methyl/N-ethyl adjacent to an activating group) is 1. The monoisotopic (exact) mass is 260 g/mol. The van der Waals surface area contributed by atoms with Gasteiger partial charge in [-0.2, -0.15) is 0 Å². The van der Waals surface area contributed by atoms with Gasteiger partial charge in [-0.25, -0.2) is 0 Å². The first-order chi connectivity index (χ1) is 8.81. The number of aryl methyl sites for hydroxylation is 1. The number of rotatable bonds is 1. The molecule has 2 aliphatic carbocycles. The predicted octanol–water partition coefficient (Wildman–Crippen LogP) is 2.93. The number of aromatic nitrogens is 1.